The number of aryl methyl sites for hydroxylation is 1. The molecule has 2 aromatic carbocycles. The van der Waals surface area contributed by atoms with Crippen molar-refractivity contribution in [3.05, 3.63) is 66.2 Å². The molecule has 1 heterocycles. The monoisotopic (exact) mass is 281 g/mol. The first kappa shape index (κ1) is 14.2. The summed E-state index contributed by atoms with van der Waals surface area (Å²) in [5.41, 5.74) is 1.39. The SMILES string of the molecule is c1ccc(CCC(Oc2ccccc2)[C@@H]2CCCN2)cc1. The Hall–Kier alpha value is -1.80. The Morgan fingerprint density at radius 2 is 1.71 bits per heavy atom. The van der Waals surface area contributed by atoms with Crippen LogP contribution < -0.4 is 10.1 Å². The molecule has 1 saturated heterocycles. The molecule has 2 aromatic rings. The molecule has 0 aromatic heterocycles. The molecule has 0 bridgehead atoms. The van der Waals surface area contributed by atoms with E-state index in [2.05, 4.69) is 35.6 Å². The molecule has 0 radical (unpaired) electrons. The summed E-state index contributed by atoms with van der Waals surface area (Å²) in [4.78, 5) is 0. The van der Waals surface area contributed by atoms with E-state index in [9.17, 15) is 0 Å². The van der Waals surface area contributed by atoms with Crippen LogP contribution in [0.1, 0.15) is 24.8 Å². The standard InChI is InChI=1S/C19H23NO/c1-3-8-16(9-4-1)13-14-19(18-12-7-15-20-18)21-17-10-5-2-6-11-17/h1-6,8-11,18-20H,7,12-15H2/t18-,19?/m0/s1. The van der Waals surface area contributed by atoms with Crippen LogP contribution in [0.2, 0.25) is 0 Å². The van der Waals surface area contributed by atoms with Crippen LogP contribution in [0, 0.1) is 0 Å². The number of ether oxygens (including phenoxy) is 1. The summed E-state index contributed by atoms with van der Waals surface area (Å²) in [7, 11) is 0. The van der Waals surface area contributed by atoms with Gasteiger partial charge in [0.05, 0.1) is 0 Å². The molecule has 1 fully saturated rings. The molecule has 1 aliphatic heterocycles. The molecule has 0 amide bonds. The second-order valence-electron chi connectivity index (χ2n) is 5.70. The molecule has 2 nitrogen and oxygen atoms in total. The predicted octanol–water partition coefficient (Wildman–Crippen LogP) is 3.82. The lowest BCUT2D eigenvalue weighted by molar-refractivity contribution is 0.152. The van der Waals surface area contributed by atoms with E-state index in [0.29, 0.717) is 6.04 Å². The maximum atomic E-state index is 6.26. The average molecular weight is 281 g/mol. The third-order valence-electron chi connectivity index (χ3n) is 4.14. The Labute approximate surface area is 127 Å². The molecule has 1 unspecified atom stereocenters. The van der Waals surface area contributed by atoms with E-state index < -0.39 is 0 Å². The van der Waals surface area contributed by atoms with Gasteiger partial charge in [0, 0.05) is 6.04 Å². The first-order valence-electron chi connectivity index (χ1n) is 7.91. The Balaban J connectivity index is 1.64. The van der Waals surface area contributed by atoms with Gasteiger partial charge in [-0.25, -0.2) is 0 Å². The summed E-state index contributed by atoms with van der Waals surface area (Å²) in [5.74, 6) is 0.976. The van der Waals surface area contributed by atoms with Crippen molar-refractivity contribution in [1.29, 1.82) is 0 Å². The van der Waals surface area contributed by atoms with Crippen LogP contribution in [0.15, 0.2) is 60.7 Å². The van der Waals surface area contributed by atoms with E-state index in [1.807, 2.05) is 30.3 Å². The third-order valence-corrected chi connectivity index (χ3v) is 4.14. The van der Waals surface area contributed by atoms with Crippen LogP contribution >= 0.6 is 0 Å². The summed E-state index contributed by atoms with van der Waals surface area (Å²) < 4.78 is 6.26. The second kappa shape index (κ2) is 7.28. The molecule has 0 aliphatic carbocycles. The fourth-order valence-electron chi connectivity index (χ4n) is 3.00. The molecule has 110 valence electrons. The Morgan fingerprint density at radius 3 is 2.38 bits per heavy atom. The van der Waals surface area contributed by atoms with E-state index in [1.165, 1.54) is 18.4 Å². The summed E-state index contributed by atoms with van der Waals surface area (Å²) in [6.07, 6.45) is 4.83. The molecule has 21 heavy (non-hydrogen) atoms. The Kier molecular flexibility index (Phi) is 4.90. The van der Waals surface area contributed by atoms with Gasteiger partial charge >= 0.3 is 0 Å². The van der Waals surface area contributed by atoms with Crippen LogP contribution in [0.3, 0.4) is 0 Å². The van der Waals surface area contributed by atoms with Crippen LogP contribution in [-0.2, 0) is 6.42 Å². The highest BCUT2D eigenvalue weighted by Gasteiger charge is 2.25. The molecule has 2 heteroatoms. The normalized spacial score (nSPS) is 19.3. The minimum Gasteiger partial charge on any atom is -0.489 e. The van der Waals surface area contributed by atoms with Crippen molar-refractivity contribution in [2.24, 2.45) is 0 Å². The molecular formula is C19H23NO. The van der Waals surface area contributed by atoms with E-state index in [0.717, 1.165) is 25.1 Å². The molecule has 2 atom stereocenters. The van der Waals surface area contributed by atoms with E-state index in [4.69, 9.17) is 4.74 Å². The summed E-state index contributed by atoms with van der Waals surface area (Å²) >= 11 is 0. The quantitative estimate of drug-likeness (QED) is 0.869. The first-order chi connectivity index (χ1) is 10.4. The highest BCUT2D eigenvalue weighted by atomic mass is 16.5. The summed E-state index contributed by atoms with van der Waals surface area (Å²) in [6, 6.07) is 21.3. The van der Waals surface area contributed by atoms with Crippen molar-refractivity contribution < 1.29 is 4.74 Å². The number of rotatable bonds is 6. The van der Waals surface area contributed by atoms with Gasteiger partial charge in [0.1, 0.15) is 11.9 Å². The summed E-state index contributed by atoms with van der Waals surface area (Å²) in [6.45, 7) is 1.12. The van der Waals surface area contributed by atoms with E-state index in [1.54, 1.807) is 0 Å². The number of para-hydroxylation sites is 1. The van der Waals surface area contributed by atoms with Crippen molar-refractivity contribution in [3.63, 3.8) is 0 Å². The topological polar surface area (TPSA) is 21.3 Å². The maximum absolute atomic E-state index is 6.26. The van der Waals surface area contributed by atoms with Gasteiger partial charge in [0.25, 0.3) is 0 Å². The van der Waals surface area contributed by atoms with Gasteiger partial charge in [-0.2, -0.15) is 0 Å². The van der Waals surface area contributed by atoms with Crippen molar-refractivity contribution in [1.82, 2.24) is 5.32 Å². The van der Waals surface area contributed by atoms with Crippen LogP contribution in [0.5, 0.6) is 5.75 Å². The zero-order valence-electron chi connectivity index (χ0n) is 12.4. The number of nitrogens with one attached hydrogen (secondary N) is 1. The van der Waals surface area contributed by atoms with Gasteiger partial charge in [-0.15, -0.1) is 0 Å². The smallest absolute Gasteiger partial charge is 0.119 e. The lowest BCUT2D eigenvalue weighted by Gasteiger charge is -2.25. The fraction of sp³-hybridized carbons (Fsp3) is 0.368. The maximum Gasteiger partial charge on any atom is 0.119 e. The average Bonchev–Trinajstić information content (AvgIpc) is 3.08. The lowest BCUT2D eigenvalue weighted by atomic mass is 10.0. The fourth-order valence-corrected chi connectivity index (χ4v) is 3.00. The van der Waals surface area contributed by atoms with E-state index >= 15 is 0 Å². The Bertz CT molecular complexity index is 520. The van der Waals surface area contributed by atoms with Crippen LogP contribution in [0.4, 0.5) is 0 Å². The van der Waals surface area contributed by atoms with Gasteiger partial charge in [0.2, 0.25) is 0 Å². The zero-order valence-corrected chi connectivity index (χ0v) is 12.4. The van der Waals surface area contributed by atoms with Gasteiger partial charge in [-0.05, 0) is 49.9 Å². The van der Waals surface area contributed by atoms with Gasteiger partial charge in [-0.1, -0.05) is 48.5 Å². The minimum absolute atomic E-state index is 0.245. The highest BCUT2D eigenvalue weighted by molar-refractivity contribution is 5.22. The largest absolute Gasteiger partial charge is 0.489 e. The highest BCUT2D eigenvalue weighted by Crippen LogP contribution is 2.21. The van der Waals surface area contributed by atoms with Gasteiger partial charge in [0.15, 0.2) is 0 Å². The molecule has 1 aliphatic rings. The molecule has 0 saturated carbocycles. The molecule has 0 spiro atoms. The van der Waals surface area contributed by atoms with Crippen molar-refractivity contribution >= 4 is 0 Å². The third kappa shape index (κ3) is 4.08. The van der Waals surface area contributed by atoms with Crippen LogP contribution in [0.25, 0.3) is 0 Å². The number of hydrogen-bond donors (Lipinski definition) is 1. The van der Waals surface area contributed by atoms with Crippen molar-refractivity contribution in [3.8, 4) is 5.75 Å². The minimum atomic E-state index is 0.245. The molecule has 3 rings (SSSR count). The molecule has 1 N–H and O–H groups in total. The number of benzene rings is 2. The molecular weight excluding hydrogens is 258 g/mol. The van der Waals surface area contributed by atoms with E-state index in [-0.39, 0.29) is 6.10 Å². The van der Waals surface area contributed by atoms with Crippen molar-refractivity contribution in [2.75, 3.05) is 6.54 Å². The van der Waals surface area contributed by atoms with Crippen molar-refractivity contribution in [2.45, 2.75) is 37.8 Å². The van der Waals surface area contributed by atoms with Crippen LogP contribution in [-0.4, -0.2) is 18.7 Å². The first-order valence-corrected chi connectivity index (χ1v) is 7.91. The summed E-state index contributed by atoms with van der Waals surface area (Å²) in [5, 5.41) is 3.59. The van der Waals surface area contributed by atoms with Gasteiger partial charge in [-0.3, -0.25) is 0 Å². The predicted molar refractivity (Wildman–Crippen MR) is 86.6 cm³/mol. The second-order valence-corrected chi connectivity index (χ2v) is 5.70. The van der Waals surface area contributed by atoms with Gasteiger partial charge < -0.3 is 10.1 Å². The lowest BCUT2D eigenvalue weighted by Crippen LogP contribution is -2.39. The Morgan fingerprint density at radius 1 is 1.00 bits per heavy atom. The number of hydrogen-bond acceptors (Lipinski definition) is 2. The zero-order chi connectivity index (χ0) is 14.3.